The number of nitrogens with one attached hydrogen (secondary N) is 1. The summed E-state index contributed by atoms with van der Waals surface area (Å²) in [5.74, 6) is 3.02. The molecule has 1 aromatic carbocycles. The second kappa shape index (κ2) is 11.3. The lowest BCUT2D eigenvalue weighted by Gasteiger charge is -2.26. The highest BCUT2D eigenvalue weighted by atomic mass is 35.5. The third-order valence-corrected chi connectivity index (χ3v) is 5.95. The summed E-state index contributed by atoms with van der Waals surface area (Å²) in [6.07, 6.45) is 3.17. The first kappa shape index (κ1) is 22.6. The molecule has 1 heterocycles. The van der Waals surface area contributed by atoms with E-state index in [2.05, 4.69) is 22.3 Å². The van der Waals surface area contributed by atoms with E-state index in [1.807, 2.05) is 23.9 Å². The van der Waals surface area contributed by atoms with Crippen molar-refractivity contribution in [2.24, 2.45) is 17.6 Å². The van der Waals surface area contributed by atoms with Gasteiger partial charge in [-0.05, 0) is 43.0 Å². The third-order valence-electron chi connectivity index (χ3n) is 5.00. The first-order chi connectivity index (χ1) is 11.3. The lowest BCUT2D eigenvalue weighted by Crippen LogP contribution is -2.32. The zero-order valence-corrected chi connectivity index (χ0v) is 16.9. The highest BCUT2D eigenvalue weighted by Crippen LogP contribution is 2.32. The molecule has 2 fully saturated rings. The molecule has 3 N–H and O–H groups in total. The number of anilines is 1. The number of carbonyl (C=O) groups is 1. The highest BCUT2D eigenvalue weighted by Gasteiger charge is 2.31. The molecule has 1 aliphatic heterocycles. The molecule has 1 saturated heterocycles. The molecule has 1 amide bonds. The van der Waals surface area contributed by atoms with Gasteiger partial charge in [-0.25, -0.2) is 0 Å². The Hall–Kier alpha value is -0.460. The van der Waals surface area contributed by atoms with E-state index in [4.69, 9.17) is 5.73 Å². The molecule has 0 aromatic heterocycles. The minimum atomic E-state index is 0. The first-order valence-corrected chi connectivity index (χ1v) is 9.81. The van der Waals surface area contributed by atoms with Crippen LogP contribution < -0.4 is 11.1 Å². The van der Waals surface area contributed by atoms with E-state index < -0.39 is 0 Å². The molecular formula is C18H29Cl2N3OS. The summed E-state index contributed by atoms with van der Waals surface area (Å²) >= 11 is 2.03. The van der Waals surface area contributed by atoms with Crippen molar-refractivity contribution in [1.82, 2.24) is 4.90 Å². The van der Waals surface area contributed by atoms with Crippen molar-refractivity contribution in [3.05, 3.63) is 29.8 Å². The molecular weight excluding hydrogens is 377 g/mol. The Morgan fingerprint density at radius 3 is 2.72 bits per heavy atom. The van der Waals surface area contributed by atoms with Crippen molar-refractivity contribution < 1.29 is 4.79 Å². The molecule has 25 heavy (non-hydrogen) atoms. The Balaban J connectivity index is 0.00000156. The fraction of sp³-hybridized carbons (Fsp3) is 0.611. The van der Waals surface area contributed by atoms with E-state index in [0.29, 0.717) is 12.5 Å². The van der Waals surface area contributed by atoms with Gasteiger partial charge in [0, 0.05) is 42.7 Å². The number of hydrogen-bond acceptors (Lipinski definition) is 4. The van der Waals surface area contributed by atoms with E-state index in [-0.39, 0.29) is 36.6 Å². The van der Waals surface area contributed by atoms with Crippen LogP contribution in [0.4, 0.5) is 5.69 Å². The number of amides is 1. The second-order valence-corrected chi connectivity index (χ2v) is 7.84. The molecule has 7 heteroatoms. The lowest BCUT2D eigenvalue weighted by molar-refractivity contribution is -0.120. The monoisotopic (exact) mass is 405 g/mol. The van der Waals surface area contributed by atoms with Crippen LogP contribution in [0.25, 0.3) is 0 Å². The Bertz CT molecular complexity index is 541. The maximum Gasteiger partial charge on any atom is 0.227 e. The second-order valence-electron chi connectivity index (χ2n) is 6.61. The van der Waals surface area contributed by atoms with Gasteiger partial charge in [-0.2, -0.15) is 11.8 Å². The van der Waals surface area contributed by atoms with E-state index in [1.54, 1.807) is 0 Å². The van der Waals surface area contributed by atoms with Gasteiger partial charge in [0.05, 0.1) is 0 Å². The van der Waals surface area contributed by atoms with E-state index >= 15 is 0 Å². The van der Waals surface area contributed by atoms with Crippen LogP contribution in [0.15, 0.2) is 24.3 Å². The number of thioether (sulfide) groups is 1. The van der Waals surface area contributed by atoms with Crippen molar-refractivity contribution in [1.29, 1.82) is 0 Å². The Morgan fingerprint density at radius 2 is 2.00 bits per heavy atom. The smallest absolute Gasteiger partial charge is 0.227 e. The van der Waals surface area contributed by atoms with Crippen molar-refractivity contribution in [3.63, 3.8) is 0 Å². The molecule has 4 nitrogen and oxygen atoms in total. The van der Waals surface area contributed by atoms with Crippen LogP contribution in [-0.4, -0.2) is 41.9 Å². The van der Waals surface area contributed by atoms with Crippen molar-refractivity contribution in [2.75, 3.05) is 36.5 Å². The van der Waals surface area contributed by atoms with E-state index in [9.17, 15) is 4.79 Å². The Morgan fingerprint density at radius 1 is 1.24 bits per heavy atom. The van der Waals surface area contributed by atoms with Crippen molar-refractivity contribution in [2.45, 2.75) is 25.8 Å². The van der Waals surface area contributed by atoms with Crippen LogP contribution in [0.3, 0.4) is 0 Å². The van der Waals surface area contributed by atoms with E-state index in [0.717, 1.165) is 44.6 Å². The minimum absolute atomic E-state index is 0. The molecule has 0 unspecified atom stereocenters. The van der Waals surface area contributed by atoms with Crippen LogP contribution in [0.2, 0.25) is 0 Å². The summed E-state index contributed by atoms with van der Waals surface area (Å²) in [6.45, 7) is 3.90. The summed E-state index contributed by atoms with van der Waals surface area (Å²) in [5, 5.41) is 3.11. The van der Waals surface area contributed by atoms with Crippen LogP contribution in [-0.2, 0) is 11.3 Å². The predicted molar refractivity (Wildman–Crippen MR) is 112 cm³/mol. The van der Waals surface area contributed by atoms with Gasteiger partial charge < -0.3 is 11.1 Å². The van der Waals surface area contributed by atoms with Gasteiger partial charge in [-0.1, -0.05) is 18.6 Å². The van der Waals surface area contributed by atoms with E-state index in [1.165, 1.54) is 17.1 Å². The fourth-order valence-corrected chi connectivity index (χ4v) is 4.64. The Labute approximate surface area is 167 Å². The normalized spacial score (nSPS) is 23.4. The largest absolute Gasteiger partial charge is 0.330 e. The number of halogens is 2. The zero-order chi connectivity index (χ0) is 16.1. The molecule has 1 aliphatic carbocycles. The fourth-order valence-electron chi connectivity index (χ4n) is 3.66. The number of carbonyl (C=O) groups excluding carboxylic acids is 1. The lowest BCUT2D eigenvalue weighted by atomic mass is 9.95. The molecule has 2 aliphatic rings. The average Bonchev–Trinajstić information content (AvgIpc) is 3.05. The van der Waals surface area contributed by atoms with Crippen LogP contribution in [0, 0.1) is 11.8 Å². The minimum Gasteiger partial charge on any atom is -0.330 e. The molecule has 0 spiro atoms. The third kappa shape index (κ3) is 6.33. The quantitative estimate of drug-likeness (QED) is 0.787. The topological polar surface area (TPSA) is 58.4 Å². The molecule has 0 radical (unpaired) electrons. The van der Waals surface area contributed by atoms with Crippen LogP contribution in [0.5, 0.6) is 0 Å². The molecule has 1 saturated carbocycles. The summed E-state index contributed by atoms with van der Waals surface area (Å²) in [5.41, 5.74) is 7.99. The molecule has 142 valence electrons. The zero-order valence-electron chi connectivity index (χ0n) is 14.5. The number of rotatable bonds is 5. The van der Waals surface area contributed by atoms with Gasteiger partial charge in [0.25, 0.3) is 0 Å². The molecule has 1 aromatic rings. The van der Waals surface area contributed by atoms with Gasteiger partial charge in [-0.15, -0.1) is 24.8 Å². The van der Waals surface area contributed by atoms with Crippen molar-refractivity contribution >= 4 is 48.2 Å². The van der Waals surface area contributed by atoms with Crippen molar-refractivity contribution in [3.8, 4) is 0 Å². The van der Waals surface area contributed by atoms with Gasteiger partial charge in [0.1, 0.15) is 0 Å². The first-order valence-electron chi connectivity index (χ1n) is 8.66. The maximum absolute atomic E-state index is 12.5. The molecule has 3 rings (SSSR count). The van der Waals surface area contributed by atoms with Crippen LogP contribution >= 0.6 is 36.6 Å². The summed E-state index contributed by atoms with van der Waals surface area (Å²) < 4.78 is 0. The highest BCUT2D eigenvalue weighted by molar-refractivity contribution is 7.99. The number of benzene rings is 1. The summed E-state index contributed by atoms with van der Waals surface area (Å²) in [4.78, 5) is 15.0. The van der Waals surface area contributed by atoms with Gasteiger partial charge in [0.2, 0.25) is 5.91 Å². The number of nitrogens with zero attached hydrogens (tertiary/aromatic N) is 1. The van der Waals surface area contributed by atoms with Gasteiger partial charge in [-0.3, -0.25) is 9.69 Å². The summed E-state index contributed by atoms with van der Waals surface area (Å²) in [6, 6.07) is 8.29. The molecule has 2 atom stereocenters. The maximum atomic E-state index is 12.5. The standard InChI is InChI=1S/C18H27N3OS.2ClH/c19-12-15-4-2-6-17(15)18(22)20-16-5-1-3-14(11-16)13-21-7-9-23-10-8-21;;/h1,3,5,11,15,17H,2,4,6-10,12-13,19H2,(H,20,22);2*1H/t15-,17-;;/m1../s1. The SMILES string of the molecule is Cl.Cl.NC[C@H]1CCC[C@H]1C(=O)Nc1cccc(CN2CCSCC2)c1. The molecule has 0 bridgehead atoms. The Kier molecular flexibility index (Phi) is 10.2. The van der Waals surface area contributed by atoms with Gasteiger partial charge >= 0.3 is 0 Å². The number of nitrogens with two attached hydrogens (primary N) is 1. The van der Waals surface area contributed by atoms with Crippen LogP contribution in [0.1, 0.15) is 24.8 Å². The van der Waals surface area contributed by atoms with Gasteiger partial charge in [0.15, 0.2) is 0 Å². The summed E-state index contributed by atoms with van der Waals surface area (Å²) in [7, 11) is 0. The predicted octanol–water partition coefficient (Wildman–Crippen LogP) is 3.39. The number of hydrogen-bond donors (Lipinski definition) is 2. The average molecular weight is 406 g/mol.